The minimum absolute atomic E-state index is 0.685. The monoisotopic (exact) mass is 351 g/mol. The van der Waals surface area contributed by atoms with E-state index in [2.05, 4.69) is 48.0 Å². The van der Waals surface area contributed by atoms with Crippen molar-refractivity contribution in [1.82, 2.24) is 0 Å². The quantitative estimate of drug-likeness (QED) is 0.476. The summed E-state index contributed by atoms with van der Waals surface area (Å²) < 4.78 is 6.83. The molecule has 2 N–H and O–H groups in total. The van der Waals surface area contributed by atoms with Gasteiger partial charge in [-0.3, -0.25) is 0 Å². The number of nitrogen functional groups attached to an aromatic ring is 1. The van der Waals surface area contributed by atoms with Gasteiger partial charge in [0.2, 0.25) is 0 Å². The van der Waals surface area contributed by atoms with Crippen LogP contribution >= 0.6 is 27.7 Å². The molecule has 0 fully saturated rings. The highest BCUT2D eigenvalue weighted by atomic mass is 79.9. The van der Waals surface area contributed by atoms with Gasteiger partial charge >= 0.3 is 0 Å². The Labute approximate surface area is 132 Å². The van der Waals surface area contributed by atoms with Crippen LogP contribution in [-0.2, 0) is 0 Å². The largest absolute Gasteiger partial charge is 0.493 e. The molecule has 0 unspecified atom stereocenters. The van der Waals surface area contributed by atoms with Gasteiger partial charge in [-0.05, 0) is 71.2 Å². The Morgan fingerprint density at radius 1 is 1.10 bits per heavy atom. The summed E-state index contributed by atoms with van der Waals surface area (Å²) in [5.74, 6) is 1.84. The Balaban J connectivity index is 1.84. The predicted molar refractivity (Wildman–Crippen MR) is 90.7 cm³/mol. The number of thioether (sulfide) groups is 1. The Hall–Kier alpha value is -1.13. The molecule has 0 bridgehead atoms. The highest BCUT2D eigenvalue weighted by Crippen LogP contribution is 2.29. The van der Waals surface area contributed by atoms with Gasteiger partial charge in [0.25, 0.3) is 0 Å². The number of hydrogen-bond donors (Lipinski definition) is 1. The average Bonchev–Trinajstić information content (AvgIpc) is 2.35. The number of ether oxygens (including phenoxy) is 1. The van der Waals surface area contributed by atoms with Crippen LogP contribution in [0.4, 0.5) is 5.69 Å². The van der Waals surface area contributed by atoms with E-state index < -0.39 is 0 Å². The van der Waals surface area contributed by atoms with Gasteiger partial charge in [-0.1, -0.05) is 6.07 Å². The average molecular weight is 352 g/mol. The smallest absolute Gasteiger partial charge is 0.119 e. The first kappa shape index (κ1) is 15.3. The van der Waals surface area contributed by atoms with Crippen molar-refractivity contribution in [1.29, 1.82) is 0 Å². The van der Waals surface area contributed by atoms with Crippen LogP contribution in [0.15, 0.2) is 45.8 Å². The van der Waals surface area contributed by atoms with E-state index in [1.165, 1.54) is 16.0 Å². The van der Waals surface area contributed by atoms with Crippen LogP contribution in [0.1, 0.15) is 11.1 Å². The normalized spacial score (nSPS) is 10.6. The molecule has 0 aromatic heterocycles. The number of benzene rings is 2. The van der Waals surface area contributed by atoms with Crippen LogP contribution in [0, 0.1) is 13.8 Å². The number of halogens is 1. The maximum absolute atomic E-state index is 5.79. The Morgan fingerprint density at radius 2 is 1.80 bits per heavy atom. The van der Waals surface area contributed by atoms with Gasteiger partial charge in [-0.15, -0.1) is 11.8 Å². The summed E-state index contributed by atoms with van der Waals surface area (Å²) in [6.07, 6.45) is 0. The fourth-order valence-corrected chi connectivity index (χ4v) is 3.45. The molecule has 106 valence electrons. The van der Waals surface area contributed by atoms with Gasteiger partial charge in [0.05, 0.1) is 6.61 Å². The number of anilines is 1. The third-order valence-corrected chi connectivity index (χ3v) is 4.72. The van der Waals surface area contributed by atoms with Crippen molar-refractivity contribution in [3.8, 4) is 5.75 Å². The van der Waals surface area contributed by atoms with Gasteiger partial charge in [0, 0.05) is 20.8 Å². The second-order valence-corrected chi connectivity index (χ2v) is 6.70. The molecular formula is C16H18BrNOS. The molecule has 0 saturated carbocycles. The molecule has 4 heteroatoms. The molecule has 0 aliphatic heterocycles. The molecular weight excluding hydrogens is 334 g/mol. The van der Waals surface area contributed by atoms with E-state index in [1.54, 1.807) is 11.8 Å². The van der Waals surface area contributed by atoms with Gasteiger partial charge in [-0.2, -0.15) is 0 Å². The standard InChI is InChI=1S/C16H18BrNOS/c1-11-7-12(2)9-14(8-11)19-5-6-20-16-4-3-13(18)10-15(16)17/h3-4,7-10H,5-6,18H2,1-2H3. The van der Waals surface area contributed by atoms with Crippen molar-refractivity contribution in [2.45, 2.75) is 18.7 Å². The summed E-state index contributed by atoms with van der Waals surface area (Å²) in [6.45, 7) is 4.85. The molecule has 20 heavy (non-hydrogen) atoms. The first-order valence-corrected chi connectivity index (χ1v) is 8.21. The van der Waals surface area contributed by atoms with E-state index >= 15 is 0 Å². The fraction of sp³-hybridized carbons (Fsp3) is 0.250. The lowest BCUT2D eigenvalue weighted by Crippen LogP contribution is -2.00. The molecule has 0 atom stereocenters. The van der Waals surface area contributed by atoms with Crippen molar-refractivity contribution in [3.63, 3.8) is 0 Å². The maximum atomic E-state index is 5.79. The third-order valence-electron chi connectivity index (χ3n) is 2.76. The summed E-state index contributed by atoms with van der Waals surface area (Å²) in [4.78, 5) is 1.18. The number of nitrogens with two attached hydrogens (primary N) is 1. The highest BCUT2D eigenvalue weighted by Gasteiger charge is 2.02. The van der Waals surface area contributed by atoms with Gasteiger partial charge in [0.15, 0.2) is 0 Å². The zero-order chi connectivity index (χ0) is 14.5. The van der Waals surface area contributed by atoms with Gasteiger partial charge < -0.3 is 10.5 Å². The van der Waals surface area contributed by atoms with E-state index in [0.29, 0.717) is 6.61 Å². The molecule has 0 heterocycles. The van der Waals surface area contributed by atoms with Crippen LogP contribution in [0.3, 0.4) is 0 Å². The SMILES string of the molecule is Cc1cc(C)cc(OCCSc2ccc(N)cc2Br)c1. The van der Waals surface area contributed by atoms with E-state index in [1.807, 2.05) is 18.2 Å². The number of aryl methyl sites for hydroxylation is 2. The summed E-state index contributed by atoms with van der Waals surface area (Å²) in [7, 11) is 0. The molecule has 0 aliphatic rings. The topological polar surface area (TPSA) is 35.2 Å². The Bertz CT molecular complexity index is 581. The first-order chi connectivity index (χ1) is 9.54. The fourth-order valence-electron chi connectivity index (χ4n) is 1.96. The second-order valence-electron chi connectivity index (χ2n) is 4.71. The zero-order valence-corrected chi connectivity index (χ0v) is 14.1. The summed E-state index contributed by atoms with van der Waals surface area (Å²) >= 11 is 5.28. The minimum atomic E-state index is 0.685. The number of hydrogen-bond acceptors (Lipinski definition) is 3. The molecule has 2 aromatic rings. The van der Waals surface area contributed by atoms with Crippen LogP contribution in [-0.4, -0.2) is 12.4 Å². The lowest BCUT2D eigenvalue weighted by Gasteiger charge is -2.09. The summed E-state index contributed by atoms with van der Waals surface area (Å²) in [6, 6.07) is 12.1. The van der Waals surface area contributed by atoms with Crippen molar-refractivity contribution in [2.24, 2.45) is 0 Å². The molecule has 2 rings (SSSR count). The lowest BCUT2D eigenvalue weighted by molar-refractivity contribution is 0.343. The molecule has 0 amide bonds. The van der Waals surface area contributed by atoms with Crippen LogP contribution < -0.4 is 10.5 Å². The maximum Gasteiger partial charge on any atom is 0.119 e. The summed E-state index contributed by atoms with van der Waals surface area (Å²) in [5.41, 5.74) is 8.95. The van der Waals surface area contributed by atoms with Crippen molar-refractivity contribution >= 4 is 33.4 Å². The van der Waals surface area contributed by atoms with Crippen molar-refractivity contribution < 1.29 is 4.74 Å². The molecule has 0 saturated heterocycles. The summed E-state index contributed by atoms with van der Waals surface area (Å²) in [5, 5.41) is 0. The highest BCUT2D eigenvalue weighted by molar-refractivity contribution is 9.10. The second kappa shape index (κ2) is 7.04. The van der Waals surface area contributed by atoms with Crippen LogP contribution in [0.25, 0.3) is 0 Å². The van der Waals surface area contributed by atoms with Crippen LogP contribution in [0.2, 0.25) is 0 Å². The van der Waals surface area contributed by atoms with Crippen molar-refractivity contribution in [2.75, 3.05) is 18.1 Å². The van der Waals surface area contributed by atoms with Gasteiger partial charge in [0.1, 0.15) is 5.75 Å². The van der Waals surface area contributed by atoms with E-state index in [-0.39, 0.29) is 0 Å². The van der Waals surface area contributed by atoms with Crippen molar-refractivity contribution in [3.05, 3.63) is 52.0 Å². The molecule has 0 spiro atoms. The third kappa shape index (κ3) is 4.46. The Morgan fingerprint density at radius 3 is 2.45 bits per heavy atom. The molecule has 2 nitrogen and oxygen atoms in total. The van der Waals surface area contributed by atoms with Crippen LogP contribution in [0.5, 0.6) is 5.75 Å². The van der Waals surface area contributed by atoms with E-state index in [0.717, 1.165) is 21.7 Å². The first-order valence-electron chi connectivity index (χ1n) is 6.43. The minimum Gasteiger partial charge on any atom is -0.493 e. The number of rotatable bonds is 5. The Kier molecular flexibility index (Phi) is 5.38. The molecule has 0 radical (unpaired) electrons. The molecule has 2 aromatic carbocycles. The van der Waals surface area contributed by atoms with Gasteiger partial charge in [-0.25, -0.2) is 0 Å². The molecule has 0 aliphatic carbocycles. The van der Waals surface area contributed by atoms with E-state index in [9.17, 15) is 0 Å². The van der Waals surface area contributed by atoms with E-state index in [4.69, 9.17) is 10.5 Å². The zero-order valence-electron chi connectivity index (χ0n) is 11.7. The lowest BCUT2D eigenvalue weighted by atomic mass is 10.1. The predicted octanol–water partition coefficient (Wildman–Crippen LogP) is 4.82.